The fourth-order valence-electron chi connectivity index (χ4n) is 3.85. The van der Waals surface area contributed by atoms with Crippen molar-refractivity contribution in [2.75, 3.05) is 0 Å². The molecule has 32 heavy (non-hydrogen) atoms. The minimum atomic E-state index is -0.281. The van der Waals surface area contributed by atoms with Crippen LogP contribution >= 0.6 is 0 Å². The maximum absolute atomic E-state index is 14.1. The van der Waals surface area contributed by atoms with Crippen LogP contribution in [0.5, 0.6) is 5.75 Å². The molecule has 6 heteroatoms. The minimum Gasteiger partial charge on any atom is -0.487 e. The van der Waals surface area contributed by atoms with E-state index in [4.69, 9.17) is 4.74 Å². The molecule has 5 nitrogen and oxygen atoms in total. The Morgan fingerprint density at radius 3 is 2.62 bits per heavy atom. The number of carbonyl (C=O) groups excluding carboxylic acids is 1. The number of halogens is 1. The van der Waals surface area contributed by atoms with Gasteiger partial charge in [-0.25, -0.2) is 9.37 Å². The van der Waals surface area contributed by atoms with Gasteiger partial charge in [0.25, 0.3) is 5.91 Å². The molecule has 0 N–H and O–H groups in total. The molecule has 1 aliphatic rings. The molecule has 1 fully saturated rings. The molecular formula is C26H24FN3O2. The van der Waals surface area contributed by atoms with Gasteiger partial charge in [0.05, 0.1) is 5.69 Å². The molecule has 1 saturated carbocycles. The van der Waals surface area contributed by atoms with Crippen molar-refractivity contribution in [2.24, 2.45) is 0 Å². The van der Waals surface area contributed by atoms with E-state index in [1.165, 1.54) is 6.07 Å². The Morgan fingerprint density at radius 2 is 1.91 bits per heavy atom. The third kappa shape index (κ3) is 4.21. The number of fused-ring (bicyclic) bond motifs is 1. The van der Waals surface area contributed by atoms with Gasteiger partial charge in [-0.15, -0.1) is 0 Å². The molecule has 2 aromatic heterocycles. The second kappa shape index (κ2) is 8.46. The van der Waals surface area contributed by atoms with Gasteiger partial charge in [0.15, 0.2) is 0 Å². The highest BCUT2D eigenvalue weighted by Crippen LogP contribution is 2.30. The molecule has 0 aliphatic heterocycles. The van der Waals surface area contributed by atoms with Crippen LogP contribution < -0.4 is 4.74 Å². The van der Waals surface area contributed by atoms with Gasteiger partial charge < -0.3 is 14.0 Å². The van der Waals surface area contributed by atoms with Crippen LogP contribution in [-0.4, -0.2) is 26.2 Å². The van der Waals surface area contributed by atoms with E-state index >= 15 is 0 Å². The second-order valence-corrected chi connectivity index (χ2v) is 8.22. The number of carbonyl (C=O) groups is 1. The average Bonchev–Trinajstić information content (AvgIpc) is 3.56. The molecule has 0 spiro atoms. The van der Waals surface area contributed by atoms with E-state index in [0.717, 1.165) is 29.7 Å². The maximum atomic E-state index is 14.1. The summed E-state index contributed by atoms with van der Waals surface area (Å²) in [7, 11) is 0. The number of aryl methyl sites for hydroxylation is 1. The monoisotopic (exact) mass is 429 g/mol. The van der Waals surface area contributed by atoms with Crippen LogP contribution in [0.15, 0.2) is 73.1 Å². The number of benzene rings is 2. The molecule has 0 bridgehead atoms. The molecule has 1 amide bonds. The Kier molecular flexibility index (Phi) is 5.35. The number of hydrogen-bond acceptors (Lipinski definition) is 3. The summed E-state index contributed by atoms with van der Waals surface area (Å²) in [6.45, 7) is 2.65. The maximum Gasteiger partial charge on any atom is 0.254 e. The van der Waals surface area contributed by atoms with Gasteiger partial charge in [0.1, 0.15) is 23.8 Å². The molecule has 162 valence electrons. The standard InChI is InChI=1S/C26H24FN3O2/c1-18-5-4-14-29-16-21(28-25(18)29)17-32-23-12-8-19(9-13-23)26(31)30(22-10-11-22)15-20-6-2-3-7-24(20)27/h2-9,12-14,16,22H,10-11,15,17H2,1H3. The fourth-order valence-corrected chi connectivity index (χ4v) is 3.85. The molecule has 0 unspecified atom stereocenters. The molecule has 2 aromatic carbocycles. The molecule has 0 saturated heterocycles. The summed E-state index contributed by atoms with van der Waals surface area (Å²) >= 11 is 0. The zero-order chi connectivity index (χ0) is 22.1. The van der Waals surface area contributed by atoms with Crippen LogP contribution in [0, 0.1) is 12.7 Å². The van der Waals surface area contributed by atoms with Gasteiger partial charge in [0, 0.05) is 36.1 Å². The number of rotatable bonds is 7. The molecule has 0 radical (unpaired) electrons. The summed E-state index contributed by atoms with van der Waals surface area (Å²) in [5.74, 6) is 0.303. The van der Waals surface area contributed by atoms with E-state index in [-0.39, 0.29) is 24.3 Å². The largest absolute Gasteiger partial charge is 0.487 e. The van der Waals surface area contributed by atoms with Crippen LogP contribution in [-0.2, 0) is 13.2 Å². The normalized spacial score (nSPS) is 13.3. The van der Waals surface area contributed by atoms with Crippen molar-refractivity contribution >= 4 is 11.6 Å². The molecule has 5 rings (SSSR count). The highest BCUT2D eigenvalue weighted by Gasteiger charge is 2.33. The topological polar surface area (TPSA) is 46.8 Å². The van der Waals surface area contributed by atoms with Crippen LogP contribution in [0.2, 0.25) is 0 Å². The van der Waals surface area contributed by atoms with Gasteiger partial charge in [-0.1, -0.05) is 24.3 Å². The van der Waals surface area contributed by atoms with E-state index in [9.17, 15) is 9.18 Å². The number of imidazole rings is 1. The van der Waals surface area contributed by atoms with Gasteiger partial charge >= 0.3 is 0 Å². The number of aromatic nitrogens is 2. The highest BCUT2D eigenvalue weighted by molar-refractivity contribution is 5.94. The van der Waals surface area contributed by atoms with Crippen LogP contribution in [0.3, 0.4) is 0 Å². The lowest BCUT2D eigenvalue weighted by atomic mass is 10.1. The van der Waals surface area contributed by atoms with Crippen LogP contribution in [0.25, 0.3) is 5.65 Å². The molecular weight excluding hydrogens is 405 g/mol. The fraction of sp³-hybridized carbons (Fsp3) is 0.231. The van der Waals surface area contributed by atoms with Crippen LogP contribution in [0.1, 0.15) is 40.0 Å². The first-order valence-electron chi connectivity index (χ1n) is 10.8. The predicted molar refractivity (Wildman–Crippen MR) is 120 cm³/mol. The number of amides is 1. The first-order valence-corrected chi connectivity index (χ1v) is 10.8. The van der Waals surface area contributed by atoms with Crippen molar-refractivity contribution in [3.05, 3.63) is 101 Å². The second-order valence-electron chi connectivity index (χ2n) is 8.22. The number of pyridine rings is 1. The summed E-state index contributed by atoms with van der Waals surface area (Å²) in [6.07, 6.45) is 5.84. The van der Waals surface area contributed by atoms with Gasteiger partial charge in [0.2, 0.25) is 0 Å². The van der Waals surface area contributed by atoms with Crippen molar-refractivity contribution in [2.45, 2.75) is 39.0 Å². The van der Waals surface area contributed by atoms with E-state index in [1.807, 2.05) is 35.9 Å². The van der Waals surface area contributed by atoms with E-state index in [1.54, 1.807) is 47.4 Å². The summed E-state index contributed by atoms with van der Waals surface area (Å²) < 4.78 is 22.0. The number of ether oxygens (including phenoxy) is 1. The van der Waals surface area contributed by atoms with Crippen molar-refractivity contribution < 1.29 is 13.9 Å². The third-order valence-corrected chi connectivity index (χ3v) is 5.76. The third-order valence-electron chi connectivity index (χ3n) is 5.76. The van der Waals surface area contributed by atoms with Gasteiger partial charge in [-0.05, 0) is 61.7 Å². The Hall–Kier alpha value is -3.67. The Labute approximate surface area is 186 Å². The van der Waals surface area contributed by atoms with Gasteiger partial charge in [-0.2, -0.15) is 0 Å². The minimum absolute atomic E-state index is 0.0851. The lowest BCUT2D eigenvalue weighted by Crippen LogP contribution is -2.32. The van der Waals surface area contributed by atoms with E-state index in [2.05, 4.69) is 4.98 Å². The molecule has 4 aromatic rings. The average molecular weight is 429 g/mol. The summed E-state index contributed by atoms with van der Waals surface area (Å²) in [5, 5.41) is 0. The first-order chi connectivity index (χ1) is 15.6. The number of nitrogens with zero attached hydrogens (tertiary/aromatic N) is 3. The molecule has 0 atom stereocenters. The Morgan fingerprint density at radius 1 is 1.12 bits per heavy atom. The zero-order valence-electron chi connectivity index (χ0n) is 17.9. The molecule has 2 heterocycles. The van der Waals surface area contributed by atoms with Crippen molar-refractivity contribution in [1.29, 1.82) is 0 Å². The van der Waals surface area contributed by atoms with E-state index < -0.39 is 0 Å². The Balaban J connectivity index is 1.26. The number of hydrogen-bond donors (Lipinski definition) is 0. The van der Waals surface area contributed by atoms with Crippen molar-refractivity contribution in [3.8, 4) is 5.75 Å². The van der Waals surface area contributed by atoms with Crippen LogP contribution in [0.4, 0.5) is 4.39 Å². The highest BCUT2D eigenvalue weighted by atomic mass is 19.1. The van der Waals surface area contributed by atoms with Gasteiger partial charge in [-0.3, -0.25) is 4.79 Å². The summed E-state index contributed by atoms with van der Waals surface area (Å²) in [6, 6.07) is 17.9. The van der Waals surface area contributed by atoms with Crippen molar-refractivity contribution in [3.63, 3.8) is 0 Å². The summed E-state index contributed by atoms with van der Waals surface area (Å²) in [4.78, 5) is 19.5. The van der Waals surface area contributed by atoms with E-state index in [0.29, 0.717) is 23.5 Å². The first kappa shape index (κ1) is 20.2. The summed E-state index contributed by atoms with van der Waals surface area (Å²) in [5.41, 5.74) is 3.97. The zero-order valence-corrected chi connectivity index (χ0v) is 17.9. The quantitative estimate of drug-likeness (QED) is 0.407. The predicted octanol–water partition coefficient (Wildman–Crippen LogP) is 5.17. The molecule has 1 aliphatic carbocycles. The smallest absolute Gasteiger partial charge is 0.254 e. The lowest BCUT2D eigenvalue weighted by molar-refractivity contribution is 0.0728. The lowest BCUT2D eigenvalue weighted by Gasteiger charge is -2.23. The van der Waals surface area contributed by atoms with Crippen molar-refractivity contribution in [1.82, 2.24) is 14.3 Å². The SMILES string of the molecule is Cc1cccn2cc(COc3ccc(C(=O)N(Cc4ccccc4F)C4CC4)cc3)nc12. The Bertz CT molecular complexity index is 1260.